The van der Waals surface area contributed by atoms with Gasteiger partial charge in [-0.25, -0.2) is 0 Å². The van der Waals surface area contributed by atoms with Crippen LogP contribution in [0.25, 0.3) is 10.9 Å². The Balaban J connectivity index is 1.53. The van der Waals surface area contributed by atoms with Crippen LogP contribution in [0.1, 0.15) is 33.6 Å². The van der Waals surface area contributed by atoms with Gasteiger partial charge in [0.05, 0.1) is 0 Å². The minimum Gasteiger partial charge on any atom is -0.358 e. The minimum atomic E-state index is 0.0262. The fraction of sp³-hybridized carbons (Fsp3) is 0.250. The molecule has 0 radical (unpaired) electrons. The third-order valence-electron chi connectivity index (χ3n) is 4.74. The molecule has 1 aliphatic rings. The number of benzene rings is 2. The quantitative estimate of drug-likeness (QED) is 0.744. The minimum absolute atomic E-state index is 0.0262. The summed E-state index contributed by atoms with van der Waals surface area (Å²) >= 11 is 0. The number of aromatic nitrogens is 1. The number of fused-ring (bicyclic) bond motifs is 3. The second kappa shape index (κ2) is 5.58. The van der Waals surface area contributed by atoms with Crippen LogP contribution in [-0.4, -0.2) is 16.9 Å². The fourth-order valence-electron chi connectivity index (χ4n) is 3.47. The Kier molecular flexibility index (Phi) is 3.41. The second-order valence-corrected chi connectivity index (χ2v) is 6.41. The van der Waals surface area contributed by atoms with E-state index in [1.54, 1.807) is 0 Å². The number of carbonyl (C=O) groups excluding carboxylic acids is 1. The summed E-state index contributed by atoms with van der Waals surface area (Å²) in [4.78, 5) is 15.9. The van der Waals surface area contributed by atoms with Crippen molar-refractivity contribution in [3.05, 3.63) is 70.9 Å². The molecule has 0 aliphatic heterocycles. The van der Waals surface area contributed by atoms with Crippen molar-refractivity contribution in [1.29, 1.82) is 0 Å². The van der Waals surface area contributed by atoms with Gasteiger partial charge in [-0.05, 0) is 49.9 Å². The maximum absolute atomic E-state index is 12.4. The molecule has 0 fully saturated rings. The van der Waals surface area contributed by atoms with Gasteiger partial charge in [-0.2, -0.15) is 0 Å². The molecule has 3 nitrogen and oxygen atoms in total. The Labute approximate surface area is 135 Å². The van der Waals surface area contributed by atoms with Gasteiger partial charge in [0, 0.05) is 28.2 Å². The van der Waals surface area contributed by atoms with E-state index in [0.717, 1.165) is 24.8 Å². The van der Waals surface area contributed by atoms with E-state index in [1.165, 1.54) is 27.7 Å². The molecular weight excluding hydrogens is 284 g/mol. The maximum Gasteiger partial charge on any atom is 0.251 e. The first-order chi connectivity index (χ1) is 11.2. The fourth-order valence-corrected chi connectivity index (χ4v) is 3.47. The topological polar surface area (TPSA) is 44.9 Å². The highest BCUT2D eigenvalue weighted by Crippen LogP contribution is 2.29. The van der Waals surface area contributed by atoms with Crippen molar-refractivity contribution in [2.45, 2.75) is 32.2 Å². The van der Waals surface area contributed by atoms with Gasteiger partial charge >= 0.3 is 0 Å². The van der Waals surface area contributed by atoms with Crippen LogP contribution < -0.4 is 5.32 Å². The second-order valence-electron chi connectivity index (χ2n) is 6.41. The predicted molar refractivity (Wildman–Crippen MR) is 92.8 cm³/mol. The highest BCUT2D eigenvalue weighted by molar-refractivity contribution is 5.94. The summed E-state index contributed by atoms with van der Waals surface area (Å²) in [5.74, 6) is 0.0262. The average molecular weight is 304 g/mol. The van der Waals surface area contributed by atoms with Gasteiger partial charge in [0.2, 0.25) is 0 Å². The lowest BCUT2D eigenvalue weighted by Gasteiger charge is -2.23. The van der Waals surface area contributed by atoms with Crippen molar-refractivity contribution in [2.75, 3.05) is 0 Å². The summed E-state index contributed by atoms with van der Waals surface area (Å²) in [5.41, 5.74) is 5.79. The number of aromatic amines is 1. The number of nitrogens with one attached hydrogen (secondary N) is 2. The highest BCUT2D eigenvalue weighted by atomic mass is 16.1. The van der Waals surface area contributed by atoms with Crippen LogP contribution >= 0.6 is 0 Å². The van der Waals surface area contributed by atoms with Crippen molar-refractivity contribution < 1.29 is 4.79 Å². The molecule has 3 aromatic rings. The zero-order valence-electron chi connectivity index (χ0n) is 13.2. The summed E-state index contributed by atoms with van der Waals surface area (Å²) in [6.07, 6.45) is 2.87. The van der Waals surface area contributed by atoms with Gasteiger partial charge in [0.25, 0.3) is 5.91 Å². The summed E-state index contributed by atoms with van der Waals surface area (Å²) < 4.78 is 0. The van der Waals surface area contributed by atoms with Crippen molar-refractivity contribution in [3.8, 4) is 0 Å². The summed E-state index contributed by atoms with van der Waals surface area (Å²) in [7, 11) is 0. The first-order valence-corrected chi connectivity index (χ1v) is 8.17. The lowest BCUT2D eigenvalue weighted by Crippen LogP contribution is -2.38. The van der Waals surface area contributed by atoms with Gasteiger partial charge < -0.3 is 10.3 Å². The largest absolute Gasteiger partial charge is 0.358 e. The van der Waals surface area contributed by atoms with Gasteiger partial charge in [0.15, 0.2) is 0 Å². The molecule has 1 aliphatic carbocycles. The number of hydrogen-bond donors (Lipinski definition) is 2. The van der Waals surface area contributed by atoms with E-state index < -0.39 is 0 Å². The number of aryl methyl sites for hydroxylation is 2. The normalized spacial score (nSPS) is 17.0. The summed E-state index contributed by atoms with van der Waals surface area (Å²) in [6, 6.07) is 16.4. The van der Waals surface area contributed by atoms with Crippen molar-refractivity contribution in [3.63, 3.8) is 0 Å². The maximum atomic E-state index is 12.4. The molecular formula is C20H20N2O. The number of para-hydroxylation sites is 1. The highest BCUT2D eigenvalue weighted by Gasteiger charge is 2.23. The van der Waals surface area contributed by atoms with Gasteiger partial charge in [0.1, 0.15) is 0 Å². The van der Waals surface area contributed by atoms with Crippen molar-refractivity contribution in [1.82, 2.24) is 10.3 Å². The van der Waals surface area contributed by atoms with Crippen LogP contribution in [0.4, 0.5) is 0 Å². The molecule has 0 saturated carbocycles. The van der Waals surface area contributed by atoms with Crippen molar-refractivity contribution >= 4 is 16.8 Å². The monoisotopic (exact) mass is 304 g/mol. The van der Waals surface area contributed by atoms with Gasteiger partial charge in [-0.15, -0.1) is 0 Å². The molecule has 1 aromatic heterocycles. The van der Waals surface area contributed by atoms with E-state index in [2.05, 4.69) is 34.6 Å². The smallest absolute Gasteiger partial charge is 0.251 e. The summed E-state index contributed by atoms with van der Waals surface area (Å²) in [6.45, 7) is 2.03. The van der Waals surface area contributed by atoms with E-state index in [1.807, 2.05) is 31.2 Å². The summed E-state index contributed by atoms with van der Waals surface area (Å²) in [5, 5.41) is 4.49. The van der Waals surface area contributed by atoms with Crippen LogP contribution in [-0.2, 0) is 12.8 Å². The van der Waals surface area contributed by atoms with Gasteiger partial charge in [-0.1, -0.05) is 35.9 Å². The first-order valence-electron chi connectivity index (χ1n) is 8.17. The van der Waals surface area contributed by atoms with Crippen LogP contribution in [0, 0.1) is 6.92 Å². The molecule has 0 bridgehead atoms. The van der Waals surface area contributed by atoms with Crippen molar-refractivity contribution in [2.24, 2.45) is 0 Å². The third kappa shape index (κ3) is 2.63. The third-order valence-corrected chi connectivity index (χ3v) is 4.74. The van der Waals surface area contributed by atoms with E-state index in [-0.39, 0.29) is 11.9 Å². The lowest BCUT2D eigenvalue weighted by molar-refractivity contribution is 0.0933. The zero-order valence-corrected chi connectivity index (χ0v) is 13.2. The number of amides is 1. The van der Waals surface area contributed by atoms with Crippen LogP contribution in [0.3, 0.4) is 0 Å². The molecule has 1 unspecified atom stereocenters. The molecule has 1 amide bonds. The molecule has 0 spiro atoms. The van der Waals surface area contributed by atoms with E-state index in [0.29, 0.717) is 0 Å². The Hall–Kier alpha value is -2.55. The molecule has 116 valence electrons. The average Bonchev–Trinajstić information content (AvgIpc) is 2.93. The number of carbonyl (C=O) groups is 1. The van der Waals surface area contributed by atoms with Crippen LogP contribution in [0.2, 0.25) is 0 Å². The molecule has 0 saturated heterocycles. The van der Waals surface area contributed by atoms with E-state index in [9.17, 15) is 4.79 Å². The molecule has 1 atom stereocenters. The Bertz CT molecular complexity index is 861. The molecule has 3 heteroatoms. The molecule has 2 aromatic carbocycles. The molecule has 2 N–H and O–H groups in total. The predicted octanol–water partition coefficient (Wildman–Crippen LogP) is 3.76. The zero-order chi connectivity index (χ0) is 15.8. The first kappa shape index (κ1) is 14.1. The SMILES string of the molecule is Cc1ccc(C(=O)NC2CCc3[nH]c4ccccc4c3C2)cc1. The standard InChI is InChI=1S/C20H20N2O/c1-13-6-8-14(9-7-13)20(23)21-15-10-11-19-17(12-15)16-4-2-3-5-18(16)22-19/h2-9,15,22H,10-12H2,1H3,(H,21,23). The Morgan fingerprint density at radius 2 is 1.91 bits per heavy atom. The lowest BCUT2D eigenvalue weighted by atomic mass is 9.91. The molecule has 23 heavy (non-hydrogen) atoms. The van der Waals surface area contributed by atoms with Crippen LogP contribution in [0.5, 0.6) is 0 Å². The van der Waals surface area contributed by atoms with E-state index >= 15 is 0 Å². The number of H-pyrrole nitrogens is 1. The Morgan fingerprint density at radius 3 is 2.74 bits per heavy atom. The Morgan fingerprint density at radius 1 is 1.13 bits per heavy atom. The van der Waals surface area contributed by atoms with Gasteiger partial charge in [-0.3, -0.25) is 4.79 Å². The number of rotatable bonds is 2. The molecule has 1 heterocycles. The number of hydrogen-bond acceptors (Lipinski definition) is 1. The van der Waals surface area contributed by atoms with E-state index in [4.69, 9.17) is 0 Å². The van der Waals surface area contributed by atoms with Crippen LogP contribution in [0.15, 0.2) is 48.5 Å². The molecule has 4 rings (SSSR count).